The molecule has 0 amide bonds. The summed E-state index contributed by atoms with van der Waals surface area (Å²) in [5.74, 6) is 1.96. The lowest BCUT2D eigenvalue weighted by atomic mass is 10.0. The van der Waals surface area contributed by atoms with Crippen LogP contribution in [0.5, 0.6) is 0 Å². The molecular formula is C50H47N5. The van der Waals surface area contributed by atoms with Gasteiger partial charge >= 0.3 is 0 Å². The van der Waals surface area contributed by atoms with Crippen molar-refractivity contribution in [1.82, 2.24) is 24.1 Å². The highest BCUT2D eigenvalue weighted by atomic mass is 15.1. The van der Waals surface area contributed by atoms with E-state index in [0.29, 0.717) is 17.5 Å². The molecule has 0 saturated heterocycles. The molecule has 0 aliphatic rings. The van der Waals surface area contributed by atoms with Gasteiger partial charge < -0.3 is 9.13 Å². The van der Waals surface area contributed by atoms with Crippen LogP contribution in [0.15, 0.2) is 152 Å². The van der Waals surface area contributed by atoms with Crippen molar-refractivity contribution in [3.63, 3.8) is 0 Å². The number of hydrogen-bond donors (Lipinski definition) is 0. The van der Waals surface area contributed by atoms with Gasteiger partial charge in [-0.2, -0.15) is 0 Å². The molecule has 0 radical (unpaired) electrons. The van der Waals surface area contributed by atoms with Crippen molar-refractivity contribution in [3.05, 3.63) is 163 Å². The predicted molar refractivity (Wildman–Crippen MR) is 231 cm³/mol. The van der Waals surface area contributed by atoms with Crippen LogP contribution in [0.4, 0.5) is 0 Å². The summed E-state index contributed by atoms with van der Waals surface area (Å²) in [5, 5.41) is 3.82. The minimum Gasteiger partial charge on any atom is -0.311 e. The quantitative estimate of drug-likeness (QED) is 0.149. The van der Waals surface area contributed by atoms with Gasteiger partial charge in [0.2, 0.25) is 0 Å². The molecule has 5 heteroatoms. The van der Waals surface area contributed by atoms with Gasteiger partial charge in [-0.1, -0.05) is 156 Å². The minimum absolute atomic E-state index is 0.647. The van der Waals surface area contributed by atoms with Gasteiger partial charge in [0.05, 0.1) is 16.6 Å². The first kappa shape index (κ1) is 35.7. The van der Waals surface area contributed by atoms with Crippen LogP contribution in [0.1, 0.15) is 58.2 Å². The highest BCUT2D eigenvalue weighted by molar-refractivity contribution is 6.19. The van der Waals surface area contributed by atoms with Crippen LogP contribution < -0.4 is 0 Å². The Hall–Kier alpha value is -6.33. The summed E-state index contributed by atoms with van der Waals surface area (Å²) in [6, 6.07) is 53.3. The number of nitrogens with zero attached hydrogens (tertiary/aromatic N) is 5. The molecule has 0 aliphatic heterocycles. The summed E-state index contributed by atoms with van der Waals surface area (Å²) in [6.45, 7) is 8.92. The van der Waals surface area contributed by atoms with E-state index in [4.69, 9.17) is 15.0 Å². The maximum absolute atomic E-state index is 4.98. The Morgan fingerprint density at radius 1 is 0.400 bits per heavy atom. The molecule has 0 aliphatic carbocycles. The zero-order valence-corrected chi connectivity index (χ0v) is 32.2. The van der Waals surface area contributed by atoms with Crippen molar-refractivity contribution in [1.29, 1.82) is 0 Å². The Labute approximate surface area is 324 Å². The summed E-state index contributed by atoms with van der Waals surface area (Å²) in [6.07, 6.45) is 5.72. The Morgan fingerprint density at radius 2 is 0.873 bits per heavy atom. The number of hydrogen-bond acceptors (Lipinski definition) is 3. The normalized spacial score (nSPS) is 11.3. The van der Waals surface area contributed by atoms with E-state index >= 15 is 0 Å². The summed E-state index contributed by atoms with van der Waals surface area (Å²) < 4.78 is 4.98. The zero-order valence-electron chi connectivity index (χ0n) is 32.2. The molecule has 5 nitrogen and oxygen atoms in total. The molecule has 0 unspecified atom stereocenters. The maximum atomic E-state index is 4.98. The highest BCUT2D eigenvalue weighted by Crippen LogP contribution is 2.41. The Kier molecular flexibility index (Phi) is 10.4. The van der Waals surface area contributed by atoms with Crippen molar-refractivity contribution in [3.8, 4) is 45.5 Å². The van der Waals surface area contributed by atoms with Crippen LogP contribution in [-0.4, -0.2) is 24.1 Å². The molecule has 0 N–H and O–H groups in total. The number of fused-ring (bicyclic) bond motifs is 5. The lowest BCUT2D eigenvalue weighted by Gasteiger charge is -2.14. The van der Waals surface area contributed by atoms with E-state index in [0.717, 1.165) is 41.6 Å². The van der Waals surface area contributed by atoms with Crippen LogP contribution >= 0.6 is 0 Å². The Balaban J connectivity index is 0.00000102. The maximum Gasteiger partial charge on any atom is 0.164 e. The second-order valence-corrected chi connectivity index (χ2v) is 14.0. The van der Waals surface area contributed by atoms with E-state index in [1.54, 1.807) is 0 Å². The van der Waals surface area contributed by atoms with Gasteiger partial charge in [-0.3, -0.25) is 0 Å². The average Bonchev–Trinajstić information content (AvgIpc) is 3.77. The first-order valence-corrected chi connectivity index (χ1v) is 19.8. The summed E-state index contributed by atoms with van der Waals surface area (Å²) >= 11 is 0. The van der Waals surface area contributed by atoms with E-state index in [1.807, 2.05) is 60.7 Å². The van der Waals surface area contributed by atoms with Gasteiger partial charge in [0.15, 0.2) is 17.5 Å². The van der Waals surface area contributed by atoms with Crippen molar-refractivity contribution in [2.24, 2.45) is 0 Å². The van der Waals surface area contributed by atoms with Gasteiger partial charge in [0, 0.05) is 49.9 Å². The van der Waals surface area contributed by atoms with Crippen LogP contribution in [0.25, 0.3) is 78.2 Å². The van der Waals surface area contributed by atoms with Gasteiger partial charge in [-0.05, 0) is 60.9 Å². The van der Waals surface area contributed by atoms with Crippen molar-refractivity contribution in [2.45, 2.75) is 59.8 Å². The number of rotatable bonds is 9. The summed E-state index contributed by atoms with van der Waals surface area (Å²) in [7, 11) is 0. The smallest absolute Gasteiger partial charge is 0.164 e. The Morgan fingerprint density at radius 3 is 1.42 bits per heavy atom. The molecule has 0 bridgehead atoms. The summed E-state index contributed by atoms with van der Waals surface area (Å²) in [4.78, 5) is 14.9. The van der Waals surface area contributed by atoms with Crippen molar-refractivity contribution < 1.29 is 0 Å². The second kappa shape index (κ2) is 16.0. The average molecular weight is 718 g/mol. The van der Waals surface area contributed by atoms with E-state index in [9.17, 15) is 0 Å². The number of aromatic nitrogens is 5. The van der Waals surface area contributed by atoms with Crippen molar-refractivity contribution in [2.75, 3.05) is 0 Å². The van der Waals surface area contributed by atoms with Gasteiger partial charge in [-0.15, -0.1) is 0 Å². The third-order valence-corrected chi connectivity index (χ3v) is 10.4. The lowest BCUT2D eigenvalue weighted by molar-refractivity contribution is 0.836. The van der Waals surface area contributed by atoms with Crippen LogP contribution in [0.2, 0.25) is 0 Å². The topological polar surface area (TPSA) is 48.5 Å². The van der Waals surface area contributed by atoms with Crippen LogP contribution in [0.3, 0.4) is 0 Å². The molecule has 9 aromatic rings. The van der Waals surface area contributed by atoms with Crippen molar-refractivity contribution >= 4 is 32.7 Å². The fraction of sp³-hybridized carbons (Fsp3) is 0.180. The molecular weight excluding hydrogens is 671 g/mol. The molecule has 272 valence electrons. The van der Waals surface area contributed by atoms with Crippen LogP contribution in [0, 0.1) is 0 Å². The molecule has 0 spiro atoms. The van der Waals surface area contributed by atoms with E-state index in [1.165, 1.54) is 62.5 Å². The number of unbranched alkanes of at least 4 members (excludes halogenated alkanes) is 1. The highest BCUT2D eigenvalue weighted by Gasteiger charge is 2.23. The molecule has 6 aromatic carbocycles. The fourth-order valence-corrected chi connectivity index (χ4v) is 7.66. The van der Waals surface area contributed by atoms with Gasteiger partial charge in [0.1, 0.15) is 0 Å². The fourth-order valence-electron chi connectivity index (χ4n) is 7.66. The van der Waals surface area contributed by atoms with Gasteiger partial charge in [0.25, 0.3) is 0 Å². The molecule has 55 heavy (non-hydrogen) atoms. The SMILES string of the molecule is CCCC.CCCc1c(CC)c2ccc3c4ccccc4n(-c4ccc(-c5nc(-c6ccccc6)nc(-c6ccccc6)n5)cc4)c3c2n1-c1ccccc1. The molecule has 0 saturated carbocycles. The molecule has 0 atom stereocenters. The molecule has 3 heterocycles. The van der Waals surface area contributed by atoms with Gasteiger partial charge in [-0.25, -0.2) is 15.0 Å². The predicted octanol–water partition coefficient (Wildman–Crippen LogP) is 13.2. The standard InChI is InChI=1S/C46H37N5.C4H10/c1-3-16-40-36(4-2)38-29-30-39-37-23-14-15-24-41(37)51(43(39)42(38)50(40)34-21-12-7-13-22-34)35-27-25-33(26-28-35)46-48-44(31-17-8-5-9-18-31)47-45(49-46)32-19-10-6-11-20-32;1-3-4-2/h5-15,17-30H,3-4,16H2,1-2H3;3-4H2,1-2H3. The molecule has 0 fully saturated rings. The number of aryl methyl sites for hydroxylation is 1. The largest absolute Gasteiger partial charge is 0.311 e. The van der Waals surface area contributed by atoms with E-state index < -0.39 is 0 Å². The number of benzene rings is 6. The third-order valence-electron chi connectivity index (χ3n) is 10.4. The van der Waals surface area contributed by atoms with Crippen LogP contribution in [-0.2, 0) is 12.8 Å². The minimum atomic E-state index is 0.647. The van der Waals surface area contributed by atoms with E-state index in [2.05, 4.69) is 128 Å². The number of para-hydroxylation sites is 2. The first-order chi connectivity index (χ1) is 27.1. The Bertz CT molecular complexity index is 2630. The summed E-state index contributed by atoms with van der Waals surface area (Å²) in [5.41, 5.74) is 11.6. The van der Waals surface area contributed by atoms with E-state index in [-0.39, 0.29) is 0 Å². The third kappa shape index (κ3) is 6.72. The molecule has 9 rings (SSSR count). The second-order valence-electron chi connectivity index (χ2n) is 14.0. The zero-order chi connectivity index (χ0) is 37.7. The lowest BCUT2D eigenvalue weighted by Crippen LogP contribution is -2.03. The first-order valence-electron chi connectivity index (χ1n) is 19.8. The monoisotopic (exact) mass is 717 g/mol. The molecule has 3 aromatic heterocycles.